The minimum Gasteiger partial charge on any atom is -0.341 e. The van der Waals surface area contributed by atoms with Crippen molar-refractivity contribution < 1.29 is 4.79 Å². The maximum Gasteiger partial charge on any atom is 0.247 e. The van der Waals surface area contributed by atoms with E-state index in [-0.39, 0.29) is 11.9 Å². The summed E-state index contributed by atoms with van der Waals surface area (Å²) in [6.07, 6.45) is 4.27. The van der Waals surface area contributed by atoms with Gasteiger partial charge in [-0.1, -0.05) is 37.3 Å². The third-order valence-electron chi connectivity index (χ3n) is 4.34. The van der Waals surface area contributed by atoms with E-state index in [1.54, 1.807) is 4.68 Å². The Kier molecular flexibility index (Phi) is 4.46. The van der Waals surface area contributed by atoms with Gasteiger partial charge in [-0.05, 0) is 34.7 Å². The first kappa shape index (κ1) is 14.7. The van der Waals surface area contributed by atoms with Crippen molar-refractivity contribution in [3.8, 4) is 0 Å². The second-order valence-corrected chi connectivity index (χ2v) is 6.00. The van der Waals surface area contributed by atoms with Gasteiger partial charge in [0.1, 0.15) is 12.4 Å². The maximum absolute atomic E-state index is 12.9. The van der Waals surface area contributed by atoms with E-state index in [0.717, 1.165) is 31.5 Å². The Balaban J connectivity index is 1.78. The molecule has 1 amide bonds. The predicted molar refractivity (Wildman–Crippen MR) is 82.0 cm³/mol. The van der Waals surface area contributed by atoms with E-state index in [1.165, 1.54) is 6.33 Å². The zero-order chi connectivity index (χ0) is 15.4. The highest BCUT2D eigenvalue weighted by Crippen LogP contribution is 2.21. The van der Waals surface area contributed by atoms with E-state index in [4.69, 9.17) is 0 Å². The lowest BCUT2D eigenvalue weighted by molar-refractivity contribution is -0.136. The van der Waals surface area contributed by atoms with E-state index in [2.05, 4.69) is 22.4 Å². The van der Waals surface area contributed by atoms with Crippen LogP contribution >= 0.6 is 0 Å². The van der Waals surface area contributed by atoms with Crippen molar-refractivity contribution in [2.24, 2.45) is 5.92 Å². The van der Waals surface area contributed by atoms with Gasteiger partial charge >= 0.3 is 0 Å². The van der Waals surface area contributed by atoms with Crippen LogP contribution in [0.3, 0.4) is 0 Å². The summed E-state index contributed by atoms with van der Waals surface area (Å²) >= 11 is 0. The first-order chi connectivity index (χ1) is 10.7. The molecule has 0 aliphatic carbocycles. The smallest absolute Gasteiger partial charge is 0.247 e. The summed E-state index contributed by atoms with van der Waals surface area (Å²) in [5.74, 6) is 0.813. The zero-order valence-corrected chi connectivity index (χ0v) is 12.8. The van der Waals surface area contributed by atoms with Crippen LogP contribution in [0.2, 0.25) is 0 Å². The molecule has 0 bridgehead atoms. The van der Waals surface area contributed by atoms with Crippen molar-refractivity contribution in [2.75, 3.05) is 13.1 Å². The molecule has 0 unspecified atom stereocenters. The van der Waals surface area contributed by atoms with Crippen LogP contribution in [-0.4, -0.2) is 44.1 Å². The average Bonchev–Trinajstić information content (AvgIpc) is 3.08. The molecule has 2 aromatic rings. The molecule has 1 fully saturated rings. The Morgan fingerprint density at radius 2 is 2.00 bits per heavy atom. The molecule has 2 heterocycles. The molecule has 3 rings (SSSR count). The molecule has 1 aromatic heterocycles. The van der Waals surface area contributed by atoms with Gasteiger partial charge in [-0.2, -0.15) is 0 Å². The van der Waals surface area contributed by atoms with Crippen LogP contribution in [-0.2, 0) is 11.2 Å². The van der Waals surface area contributed by atoms with Crippen molar-refractivity contribution >= 4 is 5.91 Å². The summed E-state index contributed by atoms with van der Waals surface area (Å²) in [5.41, 5.74) is 1.11. The highest BCUT2D eigenvalue weighted by Gasteiger charge is 2.29. The van der Waals surface area contributed by atoms with Gasteiger partial charge in [0.15, 0.2) is 0 Å². The van der Waals surface area contributed by atoms with Crippen molar-refractivity contribution in [2.45, 2.75) is 32.2 Å². The van der Waals surface area contributed by atoms with Crippen LogP contribution in [0.5, 0.6) is 0 Å². The number of likely N-dealkylation sites (tertiary alicyclic amines) is 1. The fraction of sp³-hybridized carbons (Fsp3) is 0.500. The monoisotopic (exact) mass is 299 g/mol. The quantitative estimate of drug-likeness (QED) is 0.862. The van der Waals surface area contributed by atoms with Gasteiger partial charge in [-0.15, -0.1) is 5.10 Å². The lowest BCUT2D eigenvalue weighted by Gasteiger charge is -2.32. The Morgan fingerprint density at radius 1 is 1.27 bits per heavy atom. The number of hydrogen-bond acceptors (Lipinski definition) is 4. The predicted octanol–water partition coefficient (Wildman–Crippen LogP) is 1.72. The molecular formula is C16H21N5O. The van der Waals surface area contributed by atoms with Gasteiger partial charge in [-0.25, -0.2) is 4.68 Å². The van der Waals surface area contributed by atoms with Gasteiger partial charge in [0.25, 0.3) is 0 Å². The summed E-state index contributed by atoms with van der Waals surface area (Å²) in [4.78, 5) is 14.9. The highest BCUT2D eigenvalue weighted by atomic mass is 16.2. The molecule has 1 atom stereocenters. The number of hydrogen-bond donors (Lipinski definition) is 0. The van der Waals surface area contributed by atoms with E-state index < -0.39 is 0 Å². The van der Waals surface area contributed by atoms with E-state index in [0.29, 0.717) is 12.3 Å². The largest absolute Gasteiger partial charge is 0.341 e. The number of nitrogens with zero attached hydrogens (tertiary/aromatic N) is 5. The van der Waals surface area contributed by atoms with Crippen molar-refractivity contribution in [1.29, 1.82) is 0 Å². The standard InChI is InChI=1S/C16H21N5O/c1-13-7-9-20(10-8-13)16(22)15(21-12-17-18-19-21)11-14-5-3-2-4-6-14/h2-6,12-13,15H,7-11H2,1H3/t15-/m0/s1. The molecule has 1 aromatic carbocycles. The molecule has 116 valence electrons. The van der Waals surface area contributed by atoms with Crippen molar-refractivity contribution in [3.63, 3.8) is 0 Å². The Hall–Kier alpha value is -2.24. The molecule has 0 N–H and O–H groups in total. The third-order valence-corrected chi connectivity index (χ3v) is 4.34. The molecule has 1 saturated heterocycles. The lowest BCUT2D eigenvalue weighted by atomic mass is 9.97. The minimum atomic E-state index is -0.370. The van der Waals surface area contributed by atoms with E-state index in [1.807, 2.05) is 35.2 Å². The zero-order valence-electron chi connectivity index (χ0n) is 12.8. The van der Waals surface area contributed by atoms with Gasteiger partial charge in [0, 0.05) is 19.5 Å². The molecule has 0 spiro atoms. The second kappa shape index (κ2) is 6.68. The molecule has 6 nitrogen and oxygen atoms in total. The maximum atomic E-state index is 12.9. The number of amides is 1. The SMILES string of the molecule is CC1CCN(C(=O)[C@H](Cc2ccccc2)n2cnnn2)CC1. The Bertz CT molecular complexity index is 590. The van der Waals surface area contributed by atoms with Crippen molar-refractivity contribution in [1.82, 2.24) is 25.1 Å². The molecule has 0 saturated carbocycles. The number of carbonyl (C=O) groups is 1. The minimum absolute atomic E-state index is 0.114. The summed E-state index contributed by atoms with van der Waals surface area (Å²) in [5, 5.41) is 11.3. The number of benzene rings is 1. The summed E-state index contributed by atoms with van der Waals surface area (Å²) in [6, 6.07) is 9.64. The number of rotatable bonds is 4. The molecule has 0 radical (unpaired) electrons. The molecule has 22 heavy (non-hydrogen) atoms. The van der Waals surface area contributed by atoms with E-state index >= 15 is 0 Å². The average molecular weight is 299 g/mol. The van der Waals surface area contributed by atoms with Crippen molar-refractivity contribution in [3.05, 3.63) is 42.2 Å². The highest BCUT2D eigenvalue weighted by molar-refractivity contribution is 5.80. The fourth-order valence-electron chi connectivity index (χ4n) is 2.88. The molecule has 1 aliphatic rings. The second-order valence-electron chi connectivity index (χ2n) is 6.00. The Morgan fingerprint density at radius 3 is 2.64 bits per heavy atom. The Labute approximate surface area is 130 Å². The molecule has 1 aliphatic heterocycles. The van der Waals surface area contributed by atoms with E-state index in [9.17, 15) is 4.79 Å². The van der Waals surface area contributed by atoms with Crippen LogP contribution in [0.25, 0.3) is 0 Å². The number of carbonyl (C=O) groups excluding carboxylic acids is 1. The normalized spacial score (nSPS) is 17.4. The summed E-state index contributed by atoms with van der Waals surface area (Å²) < 4.78 is 1.58. The van der Waals surface area contributed by atoms with Crippen LogP contribution in [0, 0.1) is 5.92 Å². The van der Waals surface area contributed by atoms with Gasteiger partial charge < -0.3 is 4.90 Å². The first-order valence-electron chi connectivity index (χ1n) is 7.79. The van der Waals surface area contributed by atoms with Crippen LogP contribution in [0.15, 0.2) is 36.7 Å². The number of tetrazole rings is 1. The van der Waals surface area contributed by atoms with Gasteiger partial charge in [0.05, 0.1) is 0 Å². The van der Waals surface area contributed by atoms with Crippen LogP contribution < -0.4 is 0 Å². The van der Waals surface area contributed by atoms with Crippen LogP contribution in [0.1, 0.15) is 31.4 Å². The van der Waals surface area contributed by atoms with Gasteiger partial charge in [-0.3, -0.25) is 4.79 Å². The molecule has 6 heteroatoms. The fourth-order valence-corrected chi connectivity index (χ4v) is 2.88. The third kappa shape index (κ3) is 3.32. The number of piperidine rings is 1. The van der Waals surface area contributed by atoms with Crippen LogP contribution in [0.4, 0.5) is 0 Å². The lowest BCUT2D eigenvalue weighted by Crippen LogP contribution is -2.42. The van der Waals surface area contributed by atoms with Gasteiger partial charge in [0.2, 0.25) is 5.91 Å². The summed E-state index contributed by atoms with van der Waals surface area (Å²) in [6.45, 7) is 3.89. The number of aromatic nitrogens is 4. The molecular weight excluding hydrogens is 278 g/mol. The summed E-state index contributed by atoms with van der Waals surface area (Å²) in [7, 11) is 0. The topological polar surface area (TPSA) is 63.9 Å². The first-order valence-corrected chi connectivity index (χ1v) is 7.79.